The molecule has 1 N–H and O–H groups in total. The molecule has 1 saturated heterocycles. The SMILES string of the molecule is Cc1ccc(-c2cc(C(=O)N3CCN(c4nc5ccccc5o4)CC3)n[nH]2)o1. The molecule has 0 spiro atoms. The number of furan rings is 1. The van der Waals surface area contributed by atoms with Crippen LogP contribution < -0.4 is 4.90 Å². The molecule has 4 aromatic rings. The molecule has 1 fully saturated rings. The molecule has 0 radical (unpaired) electrons. The van der Waals surface area contributed by atoms with Crippen LogP contribution in [0.2, 0.25) is 0 Å². The fraction of sp³-hybridized carbons (Fsp3) is 0.250. The van der Waals surface area contributed by atoms with Crippen molar-refractivity contribution in [1.29, 1.82) is 0 Å². The Balaban J connectivity index is 1.26. The van der Waals surface area contributed by atoms with Crippen LogP contribution in [0, 0.1) is 6.92 Å². The molecule has 4 heterocycles. The minimum absolute atomic E-state index is 0.0945. The first-order valence-corrected chi connectivity index (χ1v) is 9.19. The number of para-hydroxylation sites is 2. The molecule has 28 heavy (non-hydrogen) atoms. The lowest BCUT2D eigenvalue weighted by Crippen LogP contribution is -2.49. The lowest BCUT2D eigenvalue weighted by Gasteiger charge is -2.33. The van der Waals surface area contributed by atoms with Gasteiger partial charge in [0.05, 0.1) is 0 Å². The van der Waals surface area contributed by atoms with Crippen molar-refractivity contribution in [3.05, 3.63) is 53.9 Å². The Morgan fingerprint density at radius 3 is 2.64 bits per heavy atom. The Morgan fingerprint density at radius 1 is 1.07 bits per heavy atom. The molecular weight excluding hydrogens is 358 g/mol. The Kier molecular flexibility index (Phi) is 3.89. The number of H-pyrrole nitrogens is 1. The number of aromatic nitrogens is 3. The number of rotatable bonds is 3. The molecule has 0 atom stereocenters. The van der Waals surface area contributed by atoms with Crippen molar-refractivity contribution in [1.82, 2.24) is 20.1 Å². The van der Waals surface area contributed by atoms with Crippen LogP contribution in [0.1, 0.15) is 16.2 Å². The molecule has 1 aromatic carbocycles. The number of piperazine rings is 1. The third-order valence-electron chi connectivity index (χ3n) is 4.92. The molecule has 0 unspecified atom stereocenters. The number of fused-ring (bicyclic) bond motifs is 1. The fourth-order valence-electron chi connectivity index (χ4n) is 3.39. The van der Waals surface area contributed by atoms with Crippen LogP contribution in [-0.2, 0) is 0 Å². The first-order valence-electron chi connectivity index (χ1n) is 9.19. The minimum Gasteiger partial charge on any atom is -0.460 e. The average Bonchev–Trinajstić information content (AvgIpc) is 3.46. The van der Waals surface area contributed by atoms with Gasteiger partial charge in [-0.15, -0.1) is 0 Å². The third kappa shape index (κ3) is 2.92. The van der Waals surface area contributed by atoms with E-state index in [2.05, 4.69) is 20.1 Å². The normalized spacial score (nSPS) is 14.8. The zero-order chi connectivity index (χ0) is 19.1. The average molecular weight is 377 g/mol. The van der Waals surface area contributed by atoms with E-state index in [1.807, 2.05) is 43.3 Å². The highest BCUT2D eigenvalue weighted by molar-refractivity contribution is 5.93. The van der Waals surface area contributed by atoms with Crippen LogP contribution in [0.15, 0.2) is 51.3 Å². The van der Waals surface area contributed by atoms with E-state index in [0.717, 1.165) is 16.9 Å². The Morgan fingerprint density at radius 2 is 1.89 bits per heavy atom. The van der Waals surface area contributed by atoms with E-state index >= 15 is 0 Å². The van der Waals surface area contributed by atoms with Crippen LogP contribution in [0.25, 0.3) is 22.6 Å². The van der Waals surface area contributed by atoms with Gasteiger partial charge in [-0.2, -0.15) is 10.1 Å². The molecule has 0 aliphatic carbocycles. The van der Waals surface area contributed by atoms with Gasteiger partial charge in [0.25, 0.3) is 11.9 Å². The summed E-state index contributed by atoms with van der Waals surface area (Å²) in [4.78, 5) is 21.2. The Hall–Kier alpha value is -3.55. The number of oxazole rings is 1. The van der Waals surface area contributed by atoms with Crippen molar-refractivity contribution in [2.75, 3.05) is 31.1 Å². The molecule has 8 heteroatoms. The van der Waals surface area contributed by atoms with Crippen LogP contribution in [0.3, 0.4) is 0 Å². The van der Waals surface area contributed by atoms with E-state index in [1.54, 1.807) is 11.0 Å². The topological polar surface area (TPSA) is 91.4 Å². The number of nitrogens with one attached hydrogen (secondary N) is 1. The van der Waals surface area contributed by atoms with E-state index in [-0.39, 0.29) is 5.91 Å². The smallest absolute Gasteiger partial charge is 0.298 e. The number of hydrogen-bond acceptors (Lipinski definition) is 6. The number of anilines is 1. The van der Waals surface area contributed by atoms with Gasteiger partial charge < -0.3 is 18.6 Å². The standard InChI is InChI=1S/C20H19N5O3/c1-13-6-7-18(27-13)15-12-16(23-22-15)19(26)24-8-10-25(11-9-24)20-21-14-4-2-3-5-17(14)28-20/h2-7,12H,8-11H2,1H3,(H,22,23). The number of carbonyl (C=O) groups is 1. The highest BCUT2D eigenvalue weighted by Crippen LogP contribution is 2.24. The molecule has 5 rings (SSSR count). The van der Waals surface area contributed by atoms with Crippen LogP contribution >= 0.6 is 0 Å². The highest BCUT2D eigenvalue weighted by atomic mass is 16.4. The summed E-state index contributed by atoms with van der Waals surface area (Å²) < 4.78 is 11.4. The fourth-order valence-corrected chi connectivity index (χ4v) is 3.39. The number of amides is 1. The van der Waals surface area contributed by atoms with Gasteiger partial charge in [0.1, 0.15) is 17.0 Å². The van der Waals surface area contributed by atoms with E-state index < -0.39 is 0 Å². The van der Waals surface area contributed by atoms with Gasteiger partial charge in [-0.1, -0.05) is 12.1 Å². The Bertz CT molecular complexity index is 1100. The number of hydrogen-bond donors (Lipinski definition) is 1. The maximum atomic E-state index is 12.8. The molecule has 8 nitrogen and oxygen atoms in total. The van der Waals surface area contributed by atoms with Crippen molar-refractivity contribution >= 4 is 23.0 Å². The first kappa shape index (κ1) is 16.6. The minimum atomic E-state index is -0.0945. The zero-order valence-corrected chi connectivity index (χ0v) is 15.4. The molecule has 142 valence electrons. The summed E-state index contributed by atoms with van der Waals surface area (Å²) in [6, 6.07) is 13.8. The van der Waals surface area contributed by atoms with Gasteiger partial charge in [-0.05, 0) is 31.2 Å². The van der Waals surface area contributed by atoms with Gasteiger partial charge in [0, 0.05) is 32.2 Å². The lowest BCUT2D eigenvalue weighted by atomic mass is 10.2. The van der Waals surface area contributed by atoms with E-state index in [1.165, 1.54) is 0 Å². The zero-order valence-electron chi connectivity index (χ0n) is 15.4. The third-order valence-corrected chi connectivity index (χ3v) is 4.92. The predicted octanol–water partition coefficient (Wildman–Crippen LogP) is 3.08. The van der Waals surface area contributed by atoms with Gasteiger partial charge in [-0.25, -0.2) is 0 Å². The van der Waals surface area contributed by atoms with E-state index in [9.17, 15) is 4.79 Å². The molecule has 1 amide bonds. The number of carbonyl (C=O) groups excluding carboxylic acids is 1. The van der Waals surface area contributed by atoms with E-state index in [0.29, 0.717) is 49.3 Å². The van der Waals surface area contributed by atoms with Crippen LogP contribution in [-0.4, -0.2) is 52.2 Å². The molecule has 3 aromatic heterocycles. The van der Waals surface area contributed by atoms with Crippen molar-refractivity contribution < 1.29 is 13.6 Å². The molecule has 0 saturated carbocycles. The van der Waals surface area contributed by atoms with Gasteiger partial charge in [0.2, 0.25) is 0 Å². The predicted molar refractivity (Wildman–Crippen MR) is 103 cm³/mol. The number of aromatic amines is 1. The van der Waals surface area contributed by atoms with Gasteiger partial charge in [0.15, 0.2) is 17.0 Å². The summed E-state index contributed by atoms with van der Waals surface area (Å²) in [5.41, 5.74) is 2.70. The van der Waals surface area contributed by atoms with Crippen LogP contribution in [0.4, 0.5) is 6.01 Å². The summed E-state index contributed by atoms with van der Waals surface area (Å²) in [6.07, 6.45) is 0. The lowest BCUT2D eigenvalue weighted by molar-refractivity contribution is 0.0739. The second kappa shape index (κ2) is 6.56. The summed E-state index contributed by atoms with van der Waals surface area (Å²) in [5, 5.41) is 7.04. The van der Waals surface area contributed by atoms with E-state index in [4.69, 9.17) is 8.83 Å². The molecule has 1 aliphatic rings. The molecule has 0 bridgehead atoms. The summed E-state index contributed by atoms with van der Waals surface area (Å²) >= 11 is 0. The highest BCUT2D eigenvalue weighted by Gasteiger charge is 2.26. The summed E-state index contributed by atoms with van der Waals surface area (Å²) in [7, 11) is 0. The Labute approximate surface area is 160 Å². The van der Waals surface area contributed by atoms with Gasteiger partial charge in [-0.3, -0.25) is 9.89 Å². The van der Waals surface area contributed by atoms with Crippen molar-refractivity contribution in [2.45, 2.75) is 6.92 Å². The quantitative estimate of drug-likeness (QED) is 0.590. The second-order valence-corrected chi connectivity index (χ2v) is 6.82. The number of benzene rings is 1. The first-order chi connectivity index (χ1) is 13.7. The summed E-state index contributed by atoms with van der Waals surface area (Å²) in [5.74, 6) is 1.39. The van der Waals surface area contributed by atoms with Crippen molar-refractivity contribution in [2.24, 2.45) is 0 Å². The van der Waals surface area contributed by atoms with Gasteiger partial charge >= 0.3 is 0 Å². The molecular formula is C20H19N5O3. The van der Waals surface area contributed by atoms with Crippen molar-refractivity contribution in [3.8, 4) is 11.5 Å². The number of aryl methyl sites for hydroxylation is 1. The second-order valence-electron chi connectivity index (χ2n) is 6.82. The monoisotopic (exact) mass is 377 g/mol. The van der Waals surface area contributed by atoms with Crippen molar-refractivity contribution in [3.63, 3.8) is 0 Å². The summed E-state index contributed by atoms with van der Waals surface area (Å²) in [6.45, 7) is 4.36. The van der Waals surface area contributed by atoms with Crippen LogP contribution in [0.5, 0.6) is 0 Å². The largest absolute Gasteiger partial charge is 0.460 e. The molecule has 1 aliphatic heterocycles. The maximum absolute atomic E-state index is 12.8. The number of nitrogens with zero attached hydrogens (tertiary/aromatic N) is 4. The maximum Gasteiger partial charge on any atom is 0.298 e.